The van der Waals surface area contributed by atoms with Crippen LogP contribution in [0.25, 0.3) is 0 Å². The van der Waals surface area contributed by atoms with Crippen molar-refractivity contribution in [1.29, 1.82) is 0 Å². The number of rotatable bonds is 14. The number of nitrogens with two attached hydrogens (primary N) is 1. The lowest BCUT2D eigenvalue weighted by molar-refractivity contribution is -0.116. The summed E-state index contributed by atoms with van der Waals surface area (Å²) in [6.45, 7) is 23.8. The number of hydrogen-bond acceptors (Lipinski definition) is 5. The fourth-order valence-corrected chi connectivity index (χ4v) is 3.41. The van der Waals surface area contributed by atoms with Crippen LogP contribution in [0.5, 0.6) is 0 Å². The third kappa shape index (κ3) is 22.0. The Hall–Kier alpha value is -3.25. The SMILES string of the molecule is C=C(NC/C(N)=C(\C)C(C)=O)C(C)Cc1ccccc1CC.CCC(C)=O.CCCOCCC.CCc1ccc(F)cc1. The molecule has 1 unspecified atom stereocenters. The highest BCUT2D eigenvalue weighted by atomic mass is 19.1. The molecule has 6 heteroatoms. The lowest BCUT2D eigenvalue weighted by atomic mass is 9.94. The van der Waals surface area contributed by atoms with Crippen LogP contribution in [0.2, 0.25) is 0 Å². The largest absolute Gasteiger partial charge is 0.400 e. The number of ether oxygens (including phenoxy) is 1. The maximum Gasteiger partial charge on any atom is 0.157 e. The van der Waals surface area contributed by atoms with E-state index < -0.39 is 0 Å². The number of aryl methyl sites for hydroxylation is 2. The molecule has 43 heavy (non-hydrogen) atoms. The molecule has 0 aliphatic heterocycles. The van der Waals surface area contributed by atoms with Gasteiger partial charge in [0.25, 0.3) is 0 Å². The Bertz CT molecular complexity index is 1070. The quantitative estimate of drug-likeness (QED) is 0.168. The van der Waals surface area contributed by atoms with Gasteiger partial charge in [0.05, 0.1) is 6.54 Å². The molecule has 0 aliphatic rings. The summed E-state index contributed by atoms with van der Waals surface area (Å²) in [7, 11) is 0. The first-order chi connectivity index (χ1) is 20.4. The Morgan fingerprint density at radius 3 is 1.81 bits per heavy atom. The molecule has 0 fully saturated rings. The van der Waals surface area contributed by atoms with Gasteiger partial charge >= 0.3 is 0 Å². The van der Waals surface area contributed by atoms with Crippen LogP contribution in [0.4, 0.5) is 4.39 Å². The maximum absolute atomic E-state index is 12.2. The molecule has 3 N–H and O–H groups in total. The molecule has 0 radical (unpaired) electrons. The Morgan fingerprint density at radius 2 is 1.40 bits per heavy atom. The van der Waals surface area contributed by atoms with Gasteiger partial charge in [0, 0.05) is 36.6 Å². The van der Waals surface area contributed by atoms with E-state index in [-0.39, 0.29) is 17.4 Å². The second-order valence-electron chi connectivity index (χ2n) is 10.5. The monoisotopic (exact) mass is 598 g/mol. The topological polar surface area (TPSA) is 81.4 Å². The van der Waals surface area contributed by atoms with Gasteiger partial charge in [-0.25, -0.2) is 4.39 Å². The molecule has 0 amide bonds. The summed E-state index contributed by atoms with van der Waals surface area (Å²) in [4.78, 5) is 21.1. The van der Waals surface area contributed by atoms with Crippen molar-refractivity contribution in [2.75, 3.05) is 19.8 Å². The molecule has 5 nitrogen and oxygen atoms in total. The Kier molecular flexibility index (Phi) is 25.7. The average molecular weight is 599 g/mol. The molecular formula is C37H59FN2O3. The molecule has 2 aromatic carbocycles. The highest BCUT2D eigenvalue weighted by Crippen LogP contribution is 2.18. The number of nitrogens with one attached hydrogen (secondary N) is 1. The average Bonchev–Trinajstić information content (AvgIpc) is 3.01. The maximum atomic E-state index is 12.2. The molecule has 2 aromatic rings. The minimum atomic E-state index is -0.160. The van der Waals surface area contributed by atoms with Crippen molar-refractivity contribution in [3.63, 3.8) is 0 Å². The number of hydrogen-bond donors (Lipinski definition) is 2. The molecule has 0 spiro atoms. The number of carbonyl (C=O) groups is 2. The van der Waals surface area contributed by atoms with E-state index in [4.69, 9.17) is 10.5 Å². The van der Waals surface area contributed by atoms with Crippen LogP contribution < -0.4 is 11.1 Å². The number of benzene rings is 2. The molecule has 0 saturated carbocycles. The van der Waals surface area contributed by atoms with E-state index >= 15 is 0 Å². The summed E-state index contributed by atoms with van der Waals surface area (Å²) in [6.07, 6.45) is 5.90. The summed E-state index contributed by atoms with van der Waals surface area (Å²) in [5.74, 6) is 0.408. The van der Waals surface area contributed by atoms with Gasteiger partial charge in [-0.2, -0.15) is 0 Å². The first-order valence-corrected chi connectivity index (χ1v) is 15.6. The predicted molar refractivity (Wildman–Crippen MR) is 182 cm³/mol. The Morgan fingerprint density at radius 1 is 0.884 bits per heavy atom. The highest BCUT2D eigenvalue weighted by Gasteiger charge is 2.11. The van der Waals surface area contributed by atoms with E-state index in [1.807, 2.05) is 13.8 Å². The van der Waals surface area contributed by atoms with E-state index in [1.165, 1.54) is 35.7 Å². The smallest absolute Gasteiger partial charge is 0.157 e. The van der Waals surface area contributed by atoms with Gasteiger partial charge in [0.15, 0.2) is 5.78 Å². The lowest BCUT2D eigenvalue weighted by Crippen LogP contribution is -2.26. The van der Waals surface area contributed by atoms with Gasteiger partial charge in [-0.1, -0.05) is 84.5 Å². The normalized spacial score (nSPS) is 11.2. The Balaban J connectivity index is 0. The third-order valence-corrected chi connectivity index (χ3v) is 6.65. The zero-order valence-corrected chi connectivity index (χ0v) is 28.4. The van der Waals surface area contributed by atoms with Gasteiger partial charge in [0.1, 0.15) is 11.6 Å². The molecule has 1 atom stereocenters. The van der Waals surface area contributed by atoms with Crippen molar-refractivity contribution >= 4 is 11.6 Å². The third-order valence-electron chi connectivity index (χ3n) is 6.65. The molecular weight excluding hydrogens is 539 g/mol. The van der Waals surface area contributed by atoms with Crippen molar-refractivity contribution in [2.24, 2.45) is 11.7 Å². The van der Waals surface area contributed by atoms with E-state index in [0.29, 0.717) is 30.2 Å². The second kappa shape index (κ2) is 26.4. The van der Waals surface area contributed by atoms with Crippen molar-refractivity contribution in [3.05, 3.63) is 94.6 Å². The lowest BCUT2D eigenvalue weighted by Gasteiger charge is -2.19. The summed E-state index contributed by atoms with van der Waals surface area (Å²) in [5, 5.41) is 3.25. The minimum Gasteiger partial charge on any atom is -0.400 e. The van der Waals surface area contributed by atoms with Gasteiger partial charge < -0.3 is 20.6 Å². The van der Waals surface area contributed by atoms with Crippen molar-refractivity contribution in [3.8, 4) is 0 Å². The van der Waals surface area contributed by atoms with Crippen molar-refractivity contribution < 1.29 is 18.7 Å². The summed E-state index contributed by atoms with van der Waals surface area (Å²) in [5.41, 5.74) is 12.0. The summed E-state index contributed by atoms with van der Waals surface area (Å²) >= 11 is 0. The zero-order valence-electron chi connectivity index (χ0n) is 28.4. The zero-order chi connectivity index (χ0) is 33.2. The fourth-order valence-electron chi connectivity index (χ4n) is 3.41. The van der Waals surface area contributed by atoms with Gasteiger partial charge in [-0.3, -0.25) is 4.79 Å². The molecule has 2 rings (SSSR count). The van der Waals surface area contributed by atoms with Crippen LogP contribution in [0.1, 0.15) is 98.3 Å². The standard InChI is InChI=1S/C19H28N2O.C8H9F.C6H14O.C4H8O/c1-6-17-9-7-8-10-18(17)11-13(2)15(4)21-12-19(20)14(3)16(5)22;1-2-7-3-5-8(9)6-4-7;1-3-5-7-6-4-2;1-3-4(2)5/h7-10,13,21H,4,6,11-12,20H2,1-3,5H3;3-6H,2H2,1H3;3-6H2,1-2H3;3H2,1-2H3/b19-14-;;;. The molecule has 0 bridgehead atoms. The van der Waals surface area contributed by atoms with E-state index in [9.17, 15) is 14.0 Å². The molecule has 0 saturated heterocycles. The summed E-state index contributed by atoms with van der Waals surface area (Å²) in [6, 6.07) is 15.1. The number of allylic oxidation sites excluding steroid dienone is 2. The predicted octanol–water partition coefficient (Wildman–Crippen LogP) is 8.55. The fraction of sp³-hybridized carbons (Fsp3) is 0.514. The summed E-state index contributed by atoms with van der Waals surface area (Å²) < 4.78 is 17.4. The van der Waals surface area contributed by atoms with Crippen LogP contribution in [-0.4, -0.2) is 31.3 Å². The highest BCUT2D eigenvalue weighted by molar-refractivity contribution is 5.93. The number of halogens is 1. The molecule has 0 aliphatic carbocycles. The van der Waals surface area contributed by atoms with Crippen molar-refractivity contribution in [1.82, 2.24) is 5.32 Å². The van der Waals surface area contributed by atoms with Crippen LogP contribution in [0.15, 0.2) is 72.1 Å². The van der Waals surface area contributed by atoms with Gasteiger partial charge in [-0.05, 0) is 87.6 Å². The molecule has 0 aromatic heterocycles. The number of ketones is 2. The minimum absolute atomic E-state index is 0.00911. The van der Waals surface area contributed by atoms with Gasteiger partial charge in [-0.15, -0.1) is 0 Å². The van der Waals surface area contributed by atoms with E-state index in [0.717, 1.165) is 51.0 Å². The van der Waals surface area contributed by atoms with Gasteiger partial charge in [0.2, 0.25) is 0 Å². The number of Topliss-reactive ketones (excluding diaryl/α,β-unsaturated/α-hetero) is 2. The van der Waals surface area contributed by atoms with Crippen LogP contribution in [0, 0.1) is 11.7 Å². The van der Waals surface area contributed by atoms with E-state index in [1.54, 1.807) is 26.0 Å². The molecule has 0 heterocycles. The Labute approximate surface area is 262 Å². The first-order valence-electron chi connectivity index (χ1n) is 15.6. The second-order valence-corrected chi connectivity index (χ2v) is 10.5. The number of carbonyl (C=O) groups excluding carboxylic acids is 2. The first kappa shape index (κ1) is 41.9. The van der Waals surface area contributed by atoms with Crippen molar-refractivity contribution in [2.45, 2.75) is 101 Å². The van der Waals surface area contributed by atoms with E-state index in [2.05, 4.69) is 63.9 Å². The van der Waals surface area contributed by atoms with Crippen LogP contribution >= 0.6 is 0 Å². The molecule has 242 valence electrons. The van der Waals surface area contributed by atoms with Crippen LogP contribution in [-0.2, 0) is 33.6 Å². The van der Waals surface area contributed by atoms with Crippen LogP contribution in [0.3, 0.4) is 0 Å².